The smallest absolute Gasteiger partial charge is 0.255 e. The lowest BCUT2D eigenvalue weighted by atomic mass is 10.1. The fourth-order valence-electron chi connectivity index (χ4n) is 5.44. The number of nitrogens with zero attached hydrogens (tertiary/aromatic N) is 6. The van der Waals surface area contributed by atoms with Gasteiger partial charge in [-0.25, -0.2) is 9.97 Å². The number of imidazole rings is 1. The molecule has 8 nitrogen and oxygen atoms in total. The zero-order chi connectivity index (χ0) is 27.5. The van der Waals surface area contributed by atoms with Crippen molar-refractivity contribution in [3.05, 3.63) is 41.9 Å². The van der Waals surface area contributed by atoms with Crippen LogP contribution in [0.5, 0.6) is 5.75 Å². The maximum Gasteiger partial charge on any atom is 0.255 e. The molecule has 5 rings (SSSR count). The topological polar surface area (TPSA) is 66.2 Å². The number of anilines is 1. The zero-order valence-electron chi connectivity index (χ0n) is 24.3. The van der Waals surface area contributed by atoms with E-state index in [9.17, 15) is 4.79 Å². The van der Waals surface area contributed by atoms with Crippen LogP contribution < -0.4 is 9.64 Å². The summed E-state index contributed by atoms with van der Waals surface area (Å²) < 4.78 is 8.10. The number of hydrogen-bond acceptors (Lipinski definition) is 6. The maximum absolute atomic E-state index is 13.8. The molecule has 0 bridgehead atoms. The molecule has 0 atom stereocenters. The number of aromatic nitrogens is 3. The molecule has 3 aromatic heterocycles. The molecule has 0 radical (unpaired) electrons. The molecular formula is C31H44N6O2. The standard InChI is InChI=1S/C31H44N6O2/c1-22(2)10-14-36(15-11-23(3)4)31(38)24-8-9-28-33-29(26(37(28)20-24)21-35-12-6-7-13-35)25-18-27-30(32-19-25)34(5)16-17-39-27/h8-9,18-20,22-23H,6-7,10-17,21H2,1-5H3. The highest BCUT2D eigenvalue weighted by Gasteiger charge is 2.24. The van der Waals surface area contributed by atoms with E-state index >= 15 is 0 Å². The quantitative estimate of drug-likeness (QED) is 0.351. The fraction of sp³-hybridized carbons (Fsp3) is 0.581. The number of ether oxygens (including phenoxy) is 1. The summed E-state index contributed by atoms with van der Waals surface area (Å²) in [6.45, 7) is 14.9. The first-order chi connectivity index (χ1) is 18.8. The summed E-state index contributed by atoms with van der Waals surface area (Å²) in [5.74, 6) is 2.88. The van der Waals surface area contributed by atoms with Gasteiger partial charge in [-0.3, -0.25) is 9.69 Å². The van der Waals surface area contributed by atoms with Crippen molar-refractivity contribution in [2.24, 2.45) is 11.8 Å². The van der Waals surface area contributed by atoms with E-state index in [1.165, 1.54) is 12.8 Å². The van der Waals surface area contributed by atoms with E-state index < -0.39 is 0 Å². The van der Waals surface area contributed by atoms with Crippen molar-refractivity contribution in [3.63, 3.8) is 0 Å². The molecule has 0 aliphatic carbocycles. The minimum absolute atomic E-state index is 0.104. The highest BCUT2D eigenvalue weighted by molar-refractivity contribution is 5.94. The van der Waals surface area contributed by atoms with Crippen LogP contribution in [-0.2, 0) is 6.54 Å². The number of fused-ring (bicyclic) bond motifs is 2. The number of pyridine rings is 2. The lowest BCUT2D eigenvalue weighted by molar-refractivity contribution is 0.0740. The number of carbonyl (C=O) groups is 1. The molecule has 0 aromatic carbocycles. The molecule has 0 N–H and O–H groups in total. The molecule has 1 saturated heterocycles. The number of likely N-dealkylation sites (tertiary alicyclic amines) is 1. The second kappa shape index (κ2) is 11.9. The van der Waals surface area contributed by atoms with Gasteiger partial charge in [-0.05, 0) is 68.8 Å². The Morgan fingerprint density at radius 3 is 2.46 bits per heavy atom. The minimum Gasteiger partial charge on any atom is -0.488 e. The van der Waals surface area contributed by atoms with Crippen molar-refractivity contribution in [3.8, 4) is 17.0 Å². The highest BCUT2D eigenvalue weighted by Crippen LogP contribution is 2.34. The van der Waals surface area contributed by atoms with Crippen molar-refractivity contribution < 1.29 is 9.53 Å². The first-order valence-corrected chi connectivity index (χ1v) is 14.7. The van der Waals surface area contributed by atoms with Crippen LogP contribution in [0.4, 0.5) is 5.82 Å². The van der Waals surface area contributed by atoms with Crippen molar-refractivity contribution >= 4 is 17.4 Å². The average molecular weight is 533 g/mol. The molecule has 39 heavy (non-hydrogen) atoms. The van der Waals surface area contributed by atoms with Crippen LogP contribution in [0.1, 0.15) is 69.4 Å². The van der Waals surface area contributed by atoms with Gasteiger partial charge in [0.2, 0.25) is 0 Å². The molecule has 8 heteroatoms. The summed E-state index contributed by atoms with van der Waals surface area (Å²) in [5.41, 5.74) is 4.53. The van der Waals surface area contributed by atoms with Crippen LogP contribution in [0.2, 0.25) is 0 Å². The molecule has 2 aliphatic heterocycles. The predicted octanol–water partition coefficient (Wildman–Crippen LogP) is 5.36. The SMILES string of the molecule is CC(C)CCN(CCC(C)C)C(=O)c1ccc2nc(-c3cnc4c(c3)OCCN4C)c(CN3CCCC3)n2c1. The Kier molecular flexibility index (Phi) is 8.40. The first kappa shape index (κ1) is 27.4. The number of rotatable bonds is 10. The van der Waals surface area contributed by atoms with Gasteiger partial charge in [-0.15, -0.1) is 0 Å². The molecule has 1 amide bonds. The van der Waals surface area contributed by atoms with Gasteiger partial charge in [0, 0.05) is 44.6 Å². The highest BCUT2D eigenvalue weighted by atomic mass is 16.5. The van der Waals surface area contributed by atoms with Crippen molar-refractivity contribution in [2.45, 2.75) is 59.9 Å². The maximum atomic E-state index is 13.8. The van der Waals surface area contributed by atoms with Crippen LogP contribution in [0, 0.1) is 11.8 Å². The number of hydrogen-bond donors (Lipinski definition) is 0. The van der Waals surface area contributed by atoms with E-state index in [1.807, 2.05) is 36.5 Å². The average Bonchev–Trinajstić information content (AvgIpc) is 3.56. The summed E-state index contributed by atoms with van der Waals surface area (Å²) in [7, 11) is 2.04. The van der Waals surface area contributed by atoms with Gasteiger partial charge in [-0.1, -0.05) is 27.7 Å². The molecule has 2 aliphatic rings. The summed E-state index contributed by atoms with van der Waals surface area (Å²) in [4.78, 5) is 30.2. The van der Waals surface area contributed by atoms with E-state index in [0.717, 1.165) is 91.8 Å². The van der Waals surface area contributed by atoms with Gasteiger partial charge < -0.3 is 18.9 Å². The lowest BCUT2D eigenvalue weighted by Gasteiger charge is -2.26. The van der Waals surface area contributed by atoms with Crippen molar-refractivity contribution in [2.75, 3.05) is 51.3 Å². The van der Waals surface area contributed by atoms with E-state index in [4.69, 9.17) is 14.7 Å². The van der Waals surface area contributed by atoms with E-state index in [2.05, 4.69) is 48.0 Å². The minimum atomic E-state index is 0.104. The monoisotopic (exact) mass is 532 g/mol. The van der Waals surface area contributed by atoms with Crippen LogP contribution in [-0.4, -0.2) is 76.5 Å². The van der Waals surface area contributed by atoms with Crippen molar-refractivity contribution in [1.29, 1.82) is 0 Å². The van der Waals surface area contributed by atoms with Gasteiger partial charge >= 0.3 is 0 Å². The third kappa shape index (κ3) is 6.21. The second-order valence-electron chi connectivity index (χ2n) is 12.0. The van der Waals surface area contributed by atoms with Crippen LogP contribution in [0.3, 0.4) is 0 Å². The Labute approximate surface area is 233 Å². The Morgan fingerprint density at radius 2 is 1.77 bits per heavy atom. The van der Waals surface area contributed by atoms with Gasteiger partial charge in [0.25, 0.3) is 5.91 Å². The molecule has 5 heterocycles. The fourth-order valence-corrected chi connectivity index (χ4v) is 5.44. The first-order valence-electron chi connectivity index (χ1n) is 14.7. The van der Waals surface area contributed by atoms with E-state index in [-0.39, 0.29) is 5.91 Å². The predicted molar refractivity (Wildman–Crippen MR) is 157 cm³/mol. The molecule has 0 spiro atoms. The summed E-state index contributed by atoms with van der Waals surface area (Å²) in [6, 6.07) is 6.00. The Bertz CT molecular complexity index is 1280. The van der Waals surface area contributed by atoms with Crippen LogP contribution >= 0.6 is 0 Å². The Hall–Kier alpha value is -3.13. The third-order valence-electron chi connectivity index (χ3n) is 7.93. The van der Waals surface area contributed by atoms with E-state index in [0.29, 0.717) is 18.4 Å². The molecular weight excluding hydrogens is 488 g/mol. The Balaban J connectivity index is 1.53. The van der Waals surface area contributed by atoms with Crippen molar-refractivity contribution in [1.82, 2.24) is 24.2 Å². The summed E-state index contributed by atoms with van der Waals surface area (Å²) >= 11 is 0. The van der Waals surface area contributed by atoms with Gasteiger partial charge in [0.1, 0.15) is 12.3 Å². The molecule has 210 valence electrons. The summed E-state index contributed by atoms with van der Waals surface area (Å²) in [5, 5.41) is 0. The van der Waals surface area contributed by atoms with Gasteiger partial charge in [-0.2, -0.15) is 0 Å². The molecule has 0 unspecified atom stereocenters. The Morgan fingerprint density at radius 1 is 1.05 bits per heavy atom. The largest absolute Gasteiger partial charge is 0.488 e. The molecule has 3 aromatic rings. The van der Waals surface area contributed by atoms with Gasteiger partial charge in [0.15, 0.2) is 11.6 Å². The molecule has 1 fully saturated rings. The normalized spacial score (nSPS) is 15.8. The van der Waals surface area contributed by atoms with Gasteiger partial charge in [0.05, 0.1) is 23.5 Å². The number of likely N-dealkylation sites (N-methyl/N-ethyl adjacent to an activating group) is 1. The third-order valence-corrected chi connectivity index (χ3v) is 7.93. The second-order valence-corrected chi connectivity index (χ2v) is 12.0. The lowest BCUT2D eigenvalue weighted by Crippen LogP contribution is -2.34. The van der Waals surface area contributed by atoms with E-state index in [1.54, 1.807) is 0 Å². The zero-order valence-corrected chi connectivity index (χ0v) is 24.3. The molecule has 0 saturated carbocycles. The summed E-state index contributed by atoms with van der Waals surface area (Å²) in [6.07, 6.45) is 8.36. The number of amides is 1. The van der Waals surface area contributed by atoms with Crippen LogP contribution in [0.15, 0.2) is 30.6 Å². The van der Waals surface area contributed by atoms with Crippen LogP contribution in [0.25, 0.3) is 16.9 Å². The number of carbonyl (C=O) groups excluding carboxylic acids is 1.